The molecule has 1 aromatic heterocycles. The van der Waals surface area contributed by atoms with E-state index in [-0.39, 0.29) is 12.4 Å². The number of aromatic nitrogens is 1. The number of para-hydroxylation sites is 1. The van der Waals surface area contributed by atoms with E-state index in [9.17, 15) is 9.59 Å². The highest BCUT2D eigenvalue weighted by Gasteiger charge is 2.25. The molecule has 0 unspecified atom stereocenters. The highest BCUT2D eigenvalue weighted by Crippen LogP contribution is 2.28. The minimum Gasteiger partial charge on any atom is -0.454 e. The fourth-order valence-electron chi connectivity index (χ4n) is 3.76. The van der Waals surface area contributed by atoms with Crippen LogP contribution in [0.1, 0.15) is 43.1 Å². The number of hydrogen-bond donors (Lipinski definition) is 0. The summed E-state index contributed by atoms with van der Waals surface area (Å²) in [5.74, 6) is -0.668. The molecule has 0 N–H and O–H groups in total. The molecule has 1 aliphatic rings. The van der Waals surface area contributed by atoms with E-state index in [1.165, 1.54) is 0 Å². The highest BCUT2D eigenvalue weighted by molar-refractivity contribution is 6.06. The Morgan fingerprint density at radius 1 is 1.10 bits per heavy atom. The van der Waals surface area contributed by atoms with Gasteiger partial charge in [-0.3, -0.25) is 9.78 Å². The maximum Gasteiger partial charge on any atom is 0.339 e. The van der Waals surface area contributed by atoms with E-state index in [4.69, 9.17) is 9.72 Å². The van der Waals surface area contributed by atoms with Gasteiger partial charge in [0, 0.05) is 41.7 Å². The highest BCUT2D eigenvalue weighted by atomic mass is 16.5. The van der Waals surface area contributed by atoms with Gasteiger partial charge in [0.1, 0.15) is 0 Å². The lowest BCUT2D eigenvalue weighted by atomic mass is 9.96. The van der Waals surface area contributed by atoms with Crippen LogP contribution in [-0.4, -0.2) is 41.8 Å². The summed E-state index contributed by atoms with van der Waals surface area (Å²) in [6.45, 7) is 5.23. The quantitative estimate of drug-likeness (QED) is 0.501. The van der Waals surface area contributed by atoms with E-state index in [1.54, 1.807) is 6.07 Å². The van der Waals surface area contributed by atoms with Crippen molar-refractivity contribution >= 4 is 22.7 Å². The molecule has 3 aromatic rings. The van der Waals surface area contributed by atoms with Crippen molar-refractivity contribution < 1.29 is 14.3 Å². The fraction of sp³-hybridized carbons (Fsp3) is 0.292. The Morgan fingerprint density at radius 2 is 1.90 bits per heavy atom. The molecule has 5 heteroatoms. The molecule has 0 saturated carbocycles. The topological polar surface area (TPSA) is 59.5 Å². The monoisotopic (exact) mass is 388 g/mol. The molecule has 0 amide bonds. The molecule has 2 heterocycles. The summed E-state index contributed by atoms with van der Waals surface area (Å²) >= 11 is 0. The molecule has 5 nitrogen and oxygen atoms in total. The van der Waals surface area contributed by atoms with Crippen molar-refractivity contribution in [3.05, 3.63) is 76.0 Å². The van der Waals surface area contributed by atoms with E-state index >= 15 is 0 Å². The summed E-state index contributed by atoms with van der Waals surface area (Å²) in [7, 11) is 2.02. The van der Waals surface area contributed by atoms with Crippen molar-refractivity contribution in [3.63, 3.8) is 0 Å². The number of Topliss-reactive ketones (excluding diaryl/α,β-unsaturated/α-hetero) is 1. The summed E-state index contributed by atoms with van der Waals surface area (Å²) in [4.78, 5) is 32.5. The van der Waals surface area contributed by atoms with Crippen molar-refractivity contribution in [1.82, 2.24) is 9.88 Å². The summed E-state index contributed by atoms with van der Waals surface area (Å²) < 4.78 is 5.49. The van der Waals surface area contributed by atoms with Gasteiger partial charge in [-0.2, -0.15) is 0 Å². The van der Waals surface area contributed by atoms with Crippen molar-refractivity contribution in [2.24, 2.45) is 0 Å². The van der Waals surface area contributed by atoms with E-state index < -0.39 is 5.97 Å². The second-order valence-corrected chi connectivity index (χ2v) is 7.72. The van der Waals surface area contributed by atoms with Crippen LogP contribution in [0.4, 0.5) is 0 Å². The number of carbonyl (C=O) groups excluding carboxylic acids is 2. The number of ether oxygens (including phenoxy) is 1. The number of carbonyl (C=O) groups is 2. The second-order valence-electron chi connectivity index (χ2n) is 7.72. The van der Waals surface area contributed by atoms with Crippen LogP contribution >= 0.6 is 0 Å². The number of fused-ring (bicyclic) bond motifs is 2. The molecule has 0 atom stereocenters. The first-order valence-corrected chi connectivity index (χ1v) is 9.80. The van der Waals surface area contributed by atoms with Crippen molar-refractivity contribution in [1.29, 1.82) is 0 Å². The standard InChI is InChI=1S/C24H24N2O3/c1-15-8-9-17(12-16(15)2)22(27)14-29-24(28)23-18-6-4-5-7-20(18)25-21-10-11-26(3)13-19(21)23/h4-9,12H,10-11,13-14H2,1-3H3. The van der Waals surface area contributed by atoms with E-state index in [1.807, 2.05) is 57.3 Å². The lowest BCUT2D eigenvalue weighted by Crippen LogP contribution is -2.29. The van der Waals surface area contributed by atoms with E-state index in [2.05, 4.69) is 4.90 Å². The lowest BCUT2D eigenvalue weighted by Gasteiger charge is -2.26. The summed E-state index contributed by atoms with van der Waals surface area (Å²) in [6, 6.07) is 13.1. The van der Waals surface area contributed by atoms with Gasteiger partial charge in [0.05, 0.1) is 11.1 Å². The number of rotatable bonds is 4. The third-order valence-corrected chi connectivity index (χ3v) is 5.60. The SMILES string of the molecule is Cc1ccc(C(=O)COC(=O)c2c3c(nc4ccccc24)CCN(C)C3)cc1C. The fourth-order valence-corrected chi connectivity index (χ4v) is 3.76. The number of ketones is 1. The summed E-state index contributed by atoms with van der Waals surface area (Å²) in [6.07, 6.45) is 0.790. The maximum absolute atomic E-state index is 13.1. The average molecular weight is 388 g/mol. The Kier molecular flexibility index (Phi) is 5.16. The molecule has 148 valence electrons. The Labute approximate surface area is 170 Å². The number of benzene rings is 2. The lowest BCUT2D eigenvalue weighted by molar-refractivity contribution is 0.0474. The normalized spacial score (nSPS) is 13.9. The van der Waals surface area contributed by atoms with Crippen LogP contribution in [-0.2, 0) is 17.7 Å². The molecule has 1 aliphatic heterocycles. The average Bonchev–Trinajstić information content (AvgIpc) is 2.72. The molecule has 0 bridgehead atoms. The molecule has 29 heavy (non-hydrogen) atoms. The number of likely N-dealkylation sites (N-methyl/N-ethyl adjacent to an activating group) is 1. The molecule has 0 aliphatic carbocycles. The minimum atomic E-state index is -0.465. The van der Waals surface area contributed by atoms with Gasteiger partial charge in [-0.15, -0.1) is 0 Å². The van der Waals surface area contributed by atoms with Gasteiger partial charge in [-0.1, -0.05) is 30.3 Å². The number of nitrogens with zero attached hydrogens (tertiary/aromatic N) is 2. The van der Waals surface area contributed by atoms with Gasteiger partial charge < -0.3 is 9.64 Å². The largest absolute Gasteiger partial charge is 0.454 e. The van der Waals surface area contributed by atoms with Crippen LogP contribution in [0.3, 0.4) is 0 Å². The van der Waals surface area contributed by atoms with Gasteiger partial charge in [-0.25, -0.2) is 4.79 Å². The Balaban J connectivity index is 1.63. The van der Waals surface area contributed by atoms with Crippen molar-refractivity contribution in [2.75, 3.05) is 20.2 Å². The van der Waals surface area contributed by atoms with Gasteiger partial charge in [0.25, 0.3) is 0 Å². The van der Waals surface area contributed by atoms with E-state index in [0.717, 1.165) is 46.3 Å². The van der Waals surface area contributed by atoms with E-state index in [0.29, 0.717) is 17.7 Å². The Bertz CT molecular complexity index is 1120. The van der Waals surface area contributed by atoms with Gasteiger partial charge in [0.2, 0.25) is 0 Å². The summed E-state index contributed by atoms with van der Waals surface area (Å²) in [5.41, 5.74) is 5.88. The molecular weight excluding hydrogens is 364 g/mol. The number of esters is 1. The minimum absolute atomic E-state index is 0.203. The van der Waals surface area contributed by atoms with Gasteiger partial charge in [-0.05, 0) is 44.2 Å². The molecule has 0 fully saturated rings. The van der Waals surface area contributed by atoms with Crippen LogP contribution in [0, 0.1) is 13.8 Å². The van der Waals surface area contributed by atoms with Crippen LogP contribution in [0.25, 0.3) is 10.9 Å². The van der Waals surface area contributed by atoms with Crippen LogP contribution < -0.4 is 0 Å². The van der Waals surface area contributed by atoms with Crippen LogP contribution in [0.5, 0.6) is 0 Å². The zero-order valence-corrected chi connectivity index (χ0v) is 17.0. The zero-order valence-electron chi connectivity index (χ0n) is 17.0. The summed E-state index contributed by atoms with van der Waals surface area (Å²) in [5, 5.41) is 0.769. The van der Waals surface area contributed by atoms with Gasteiger partial charge >= 0.3 is 5.97 Å². The molecular formula is C24H24N2O3. The number of pyridine rings is 1. The van der Waals surface area contributed by atoms with Crippen molar-refractivity contribution in [2.45, 2.75) is 26.8 Å². The van der Waals surface area contributed by atoms with Crippen LogP contribution in [0.2, 0.25) is 0 Å². The van der Waals surface area contributed by atoms with Crippen LogP contribution in [0.15, 0.2) is 42.5 Å². The Morgan fingerprint density at radius 3 is 2.69 bits per heavy atom. The molecule has 0 radical (unpaired) electrons. The van der Waals surface area contributed by atoms with Crippen molar-refractivity contribution in [3.8, 4) is 0 Å². The smallest absolute Gasteiger partial charge is 0.339 e. The Hall–Kier alpha value is -3.05. The van der Waals surface area contributed by atoms with Gasteiger partial charge in [0.15, 0.2) is 12.4 Å². The molecule has 0 saturated heterocycles. The first-order valence-electron chi connectivity index (χ1n) is 9.80. The first-order chi connectivity index (χ1) is 13.9. The molecule has 2 aromatic carbocycles. The first kappa shape index (κ1) is 19.3. The maximum atomic E-state index is 13.1. The zero-order chi connectivity index (χ0) is 20.5. The predicted octanol–water partition coefficient (Wildman–Crippen LogP) is 3.88. The number of hydrogen-bond acceptors (Lipinski definition) is 5. The number of aryl methyl sites for hydroxylation is 2. The molecule has 0 spiro atoms. The third-order valence-electron chi connectivity index (χ3n) is 5.60. The predicted molar refractivity (Wildman–Crippen MR) is 112 cm³/mol. The molecule has 4 rings (SSSR count). The second kappa shape index (κ2) is 7.76. The third kappa shape index (κ3) is 3.78.